The molecule has 0 bridgehead atoms. The van der Waals surface area contributed by atoms with Crippen LogP contribution in [0.2, 0.25) is 0 Å². The quantitative estimate of drug-likeness (QED) is 0.139. The summed E-state index contributed by atoms with van der Waals surface area (Å²) in [7, 11) is 3.14. The maximum Gasteiger partial charge on any atom is 0.335 e. The van der Waals surface area contributed by atoms with Crippen LogP contribution in [0.4, 0.5) is 13.2 Å². The Labute approximate surface area is 279 Å². The first-order valence-corrected chi connectivity index (χ1v) is 15.3. The van der Waals surface area contributed by atoms with Crippen molar-refractivity contribution in [2.75, 3.05) is 27.4 Å². The van der Waals surface area contributed by atoms with E-state index in [4.69, 9.17) is 14.2 Å². The highest BCUT2D eigenvalue weighted by molar-refractivity contribution is 5.92. The lowest BCUT2D eigenvalue weighted by Crippen LogP contribution is -2.10. The first kappa shape index (κ1) is 33.4. The van der Waals surface area contributed by atoms with Gasteiger partial charge >= 0.3 is 5.97 Å². The summed E-state index contributed by atoms with van der Waals surface area (Å²) in [6.07, 6.45) is 3.41. The fraction of sp³-hybridized carbons (Fsp3) is 0.222. The largest absolute Gasteiger partial charge is 0.478 e. The van der Waals surface area contributed by atoms with Crippen molar-refractivity contribution < 1.29 is 37.3 Å². The van der Waals surface area contributed by atoms with Crippen molar-refractivity contribution >= 4 is 17.0 Å². The molecule has 6 rings (SSSR count). The Balaban J connectivity index is 1.18. The second-order valence-electron chi connectivity index (χ2n) is 11.2. The summed E-state index contributed by atoms with van der Waals surface area (Å²) in [6, 6.07) is 16.1. The van der Waals surface area contributed by atoms with Crippen LogP contribution < -0.4 is 4.74 Å². The zero-order valence-electron chi connectivity index (χ0n) is 26.7. The Hall–Kier alpha value is -5.53. The number of carbonyl (C=O) groups is 1. The summed E-state index contributed by atoms with van der Waals surface area (Å²) in [6.45, 7) is 1.58. The molecule has 0 atom stereocenters. The van der Waals surface area contributed by atoms with Gasteiger partial charge in [-0.05, 0) is 53.6 Å². The normalized spacial score (nSPS) is 11.4. The van der Waals surface area contributed by atoms with Gasteiger partial charge in [0.1, 0.15) is 29.9 Å². The number of halogens is 3. The number of aromatic nitrogens is 5. The number of carboxylic acids is 1. The van der Waals surface area contributed by atoms with E-state index in [2.05, 4.69) is 15.1 Å². The Morgan fingerprint density at radius 1 is 0.837 bits per heavy atom. The van der Waals surface area contributed by atoms with Gasteiger partial charge < -0.3 is 23.9 Å². The molecule has 49 heavy (non-hydrogen) atoms. The number of methoxy groups -OCH3 is 2. The fourth-order valence-electron chi connectivity index (χ4n) is 5.42. The number of fused-ring (bicyclic) bond motifs is 1. The van der Waals surface area contributed by atoms with Crippen molar-refractivity contribution in [3.05, 3.63) is 119 Å². The zero-order valence-corrected chi connectivity index (χ0v) is 26.7. The number of carboxylic acid groups (broad SMARTS) is 1. The van der Waals surface area contributed by atoms with Gasteiger partial charge in [-0.15, -0.1) is 0 Å². The number of aromatic carboxylic acids is 1. The molecule has 0 saturated heterocycles. The second kappa shape index (κ2) is 14.7. The minimum atomic E-state index is -1.09. The third kappa shape index (κ3) is 7.47. The van der Waals surface area contributed by atoms with Crippen LogP contribution in [0.25, 0.3) is 33.4 Å². The van der Waals surface area contributed by atoms with Crippen molar-refractivity contribution in [1.29, 1.82) is 0 Å². The molecule has 252 valence electrons. The predicted octanol–water partition coefficient (Wildman–Crippen LogP) is 6.54. The van der Waals surface area contributed by atoms with Crippen LogP contribution in [-0.2, 0) is 35.6 Å². The molecular formula is C36H32F3N5O5. The smallest absolute Gasteiger partial charge is 0.335 e. The van der Waals surface area contributed by atoms with Crippen LogP contribution >= 0.6 is 0 Å². The molecule has 0 amide bonds. The van der Waals surface area contributed by atoms with Gasteiger partial charge in [-0.3, -0.25) is 4.68 Å². The summed E-state index contributed by atoms with van der Waals surface area (Å²) in [5.74, 6) is -2.41. The number of imidazole rings is 1. The van der Waals surface area contributed by atoms with Gasteiger partial charge in [0.15, 0.2) is 0 Å². The van der Waals surface area contributed by atoms with Crippen LogP contribution in [0.3, 0.4) is 0 Å². The zero-order chi connectivity index (χ0) is 34.5. The van der Waals surface area contributed by atoms with E-state index in [9.17, 15) is 9.90 Å². The average molecular weight is 672 g/mol. The molecule has 0 saturated carbocycles. The summed E-state index contributed by atoms with van der Waals surface area (Å²) < 4.78 is 65.5. The summed E-state index contributed by atoms with van der Waals surface area (Å²) in [5.41, 5.74) is 2.98. The van der Waals surface area contributed by atoms with E-state index in [-0.39, 0.29) is 41.3 Å². The highest BCUT2D eigenvalue weighted by atomic mass is 19.1. The number of hydrogen-bond acceptors (Lipinski definition) is 7. The Bertz CT molecular complexity index is 2130. The molecule has 3 aromatic heterocycles. The molecule has 10 nitrogen and oxygen atoms in total. The number of rotatable bonds is 14. The Kier molecular flexibility index (Phi) is 10.0. The second-order valence-corrected chi connectivity index (χ2v) is 11.2. The highest BCUT2D eigenvalue weighted by Crippen LogP contribution is 2.29. The number of benzene rings is 3. The molecular weight excluding hydrogens is 639 g/mol. The van der Waals surface area contributed by atoms with Crippen LogP contribution in [-0.4, -0.2) is 62.8 Å². The van der Waals surface area contributed by atoms with E-state index < -0.39 is 23.4 Å². The fourth-order valence-corrected chi connectivity index (χ4v) is 5.42. The van der Waals surface area contributed by atoms with Crippen LogP contribution in [0.1, 0.15) is 27.3 Å². The van der Waals surface area contributed by atoms with Gasteiger partial charge in [0, 0.05) is 56.1 Å². The van der Waals surface area contributed by atoms with Crippen LogP contribution in [0, 0.1) is 17.5 Å². The van der Waals surface area contributed by atoms with Crippen LogP contribution in [0.15, 0.2) is 79.1 Å². The minimum absolute atomic E-state index is 0.0546. The van der Waals surface area contributed by atoms with Gasteiger partial charge in [-0.1, -0.05) is 18.2 Å². The Morgan fingerprint density at radius 3 is 2.41 bits per heavy atom. The van der Waals surface area contributed by atoms with Gasteiger partial charge in [0.2, 0.25) is 5.88 Å². The highest BCUT2D eigenvalue weighted by Gasteiger charge is 2.19. The lowest BCUT2D eigenvalue weighted by atomic mass is 10.0. The maximum atomic E-state index is 15.5. The number of nitrogens with zero attached hydrogens (tertiary/aromatic N) is 5. The van der Waals surface area contributed by atoms with Crippen molar-refractivity contribution in [3.63, 3.8) is 0 Å². The van der Waals surface area contributed by atoms with E-state index in [0.717, 1.165) is 17.7 Å². The van der Waals surface area contributed by atoms with E-state index in [1.165, 1.54) is 31.4 Å². The first-order valence-electron chi connectivity index (χ1n) is 15.3. The number of hydrogen-bond donors (Lipinski definition) is 1. The van der Waals surface area contributed by atoms with Crippen molar-refractivity contribution in [3.8, 4) is 28.3 Å². The molecule has 6 aromatic rings. The molecule has 0 radical (unpaired) electrons. The van der Waals surface area contributed by atoms with E-state index in [1.54, 1.807) is 52.9 Å². The van der Waals surface area contributed by atoms with Gasteiger partial charge in [-0.25, -0.2) is 27.9 Å². The van der Waals surface area contributed by atoms with Gasteiger partial charge in [-0.2, -0.15) is 5.10 Å². The lowest BCUT2D eigenvalue weighted by Gasteiger charge is -2.12. The molecule has 1 N–H and O–H groups in total. The molecule has 0 aliphatic heterocycles. The number of ether oxygens (including phenoxy) is 3. The monoisotopic (exact) mass is 671 g/mol. The predicted molar refractivity (Wildman–Crippen MR) is 175 cm³/mol. The van der Waals surface area contributed by atoms with Crippen molar-refractivity contribution in [2.24, 2.45) is 0 Å². The standard InChI is InChI=1S/C36H32F3N5O5/c1-47-12-10-43-20-26(19-40-43)22-6-7-24(28(37)14-22)21-49-35-5-3-4-31(42-35)27-18-29(38)25(15-30(27)39)17-34-41-32-9-8-23(36(45)46)16-33(32)44(34)11-13-48-2/h3-9,14-16,18-20H,10-13,17,21H2,1-2H3,(H,45,46). The topological polar surface area (TPSA) is 114 Å². The maximum absolute atomic E-state index is 15.5. The minimum Gasteiger partial charge on any atom is -0.478 e. The van der Waals surface area contributed by atoms with E-state index in [1.807, 2.05) is 6.20 Å². The van der Waals surface area contributed by atoms with E-state index >= 15 is 13.2 Å². The molecule has 0 aliphatic rings. The molecule has 0 spiro atoms. The SMILES string of the molecule is COCCn1cc(-c2ccc(COc3cccc(-c4cc(F)c(Cc5nc6ccc(C(=O)O)cc6n5CCOC)cc4F)n3)c(F)c2)cn1. The lowest BCUT2D eigenvalue weighted by molar-refractivity contribution is 0.0697. The van der Waals surface area contributed by atoms with E-state index in [0.29, 0.717) is 54.3 Å². The molecule has 3 aromatic carbocycles. The average Bonchev–Trinajstić information content (AvgIpc) is 3.71. The molecule has 0 aliphatic carbocycles. The Morgan fingerprint density at radius 2 is 1.63 bits per heavy atom. The van der Waals surface area contributed by atoms with Gasteiger partial charge in [0.25, 0.3) is 0 Å². The van der Waals surface area contributed by atoms with Crippen LogP contribution in [0.5, 0.6) is 5.88 Å². The van der Waals surface area contributed by atoms with Crippen molar-refractivity contribution in [1.82, 2.24) is 24.3 Å². The summed E-state index contributed by atoms with van der Waals surface area (Å²) in [5, 5.41) is 13.7. The first-order chi connectivity index (χ1) is 23.7. The van der Waals surface area contributed by atoms with Crippen molar-refractivity contribution in [2.45, 2.75) is 26.1 Å². The molecule has 13 heteroatoms. The summed E-state index contributed by atoms with van der Waals surface area (Å²) >= 11 is 0. The summed E-state index contributed by atoms with van der Waals surface area (Å²) in [4.78, 5) is 20.4. The molecule has 0 unspecified atom stereocenters. The molecule has 3 heterocycles. The molecule has 0 fully saturated rings. The number of pyridine rings is 1. The third-order valence-corrected chi connectivity index (χ3v) is 8.00. The third-order valence-electron chi connectivity index (χ3n) is 8.00. The van der Waals surface area contributed by atoms with Gasteiger partial charge in [0.05, 0.1) is 48.2 Å².